The van der Waals surface area contributed by atoms with E-state index in [4.69, 9.17) is 0 Å². The van der Waals surface area contributed by atoms with Gasteiger partial charge in [-0.25, -0.2) is 0 Å². The van der Waals surface area contributed by atoms with Crippen molar-refractivity contribution in [3.63, 3.8) is 0 Å². The van der Waals surface area contributed by atoms with Gasteiger partial charge in [0.05, 0.1) is 22.4 Å². The standard InChI is InChI=1S/C48H40N2/c1-47(2,3)30-20-22-32(23-21-30)50-41-19-13-11-17-34(41)38-27-29-26-37-33-16-10-12-18-40(33)49(31-14-8-7-9-15-31)42-28-39(48(4,5)6)35-24-25-36(46(38)50)43(29)45(35)44(37)42/h7-28H,1-6H3. The zero-order chi connectivity index (χ0) is 34.1. The van der Waals surface area contributed by atoms with E-state index in [-0.39, 0.29) is 10.8 Å². The average molecular weight is 645 g/mol. The van der Waals surface area contributed by atoms with Gasteiger partial charge in [0.25, 0.3) is 0 Å². The lowest BCUT2D eigenvalue weighted by molar-refractivity contribution is 0.590. The molecule has 2 nitrogen and oxygen atoms in total. The predicted molar refractivity (Wildman–Crippen MR) is 216 cm³/mol. The molecule has 0 spiro atoms. The van der Waals surface area contributed by atoms with Crippen LogP contribution in [0, 0.1) is 0 Å². The van der Waals surface area contributed by atoms with Crippen LogP contribution >= 0.6 is 0 Å². The van der Waals surface area contributed by atoms with Gasteiger partial charge in [-0.15, -0.1) is 0 Å². The lowest BCUT2D eigenvalue weighted by Crippen LogP contribution is -2.18. The number of aromatic nitrogens is 1. The molecule has 2 heteroatoms. The Hall–Kier alpha value is -5.60. The van der Waals surface area contributed by atoms with E-state index < -0.39 is 0 Å². The Bertz CT molecular complexity index is 2800. The number of nitrogens with zero attached hydrogens (tertiary/aromatic N) is 2. The van der Waals surface area contributed by atoms with Crippen LogP contribution in [0.3, 0.4) is 0 Å². The molecule has 0 saturated heterocycles. The number of anilines is 3. The van der Waals surface area contributed by atoms with Crippen molar-refractivity contribution in [2.24, 2.45) is 0 Å². The van der Waals surface area contributed by atoms with Crippen LogP contribution in [0.15, 0.2) is 133 Å². The summed E-state index contributed by atoms with van der Waals surface area (Å²) in [6.07, 6.45) is 0. The molecule has 1 aromatic heterocycles. The van der Waals surface area contributed by atoms with E-state index in [1.165, 1.54) is 99.1 Å². The molecule has 2 heterocycles. The molecule has 0 aliphatic carbocycles. The second-order valence-electron chi connectivity index (χ2n) is 16.2. The van der Waals surface area contributed by atoms with Crippen molar-refractivity contribution in [1.82, 2.24) is 4.57 Å². The first-order valence-corrected chi connectivity index (χ1v) is 17.9. The van der Waals surface area contributed by atoms with Crippen molar-refractivity contribution in [1.29, 1.82) is 0 Å². The summed E-state index contributed by atoms with van der Waals surface area (Å²) in [7, 11) is 0. The summed E-state index contributed by atoms with van der Waals surface area (Å²) in [6, 6.07) is 50.3. The van der Waals surface area contributed by atoms with Gasteiger partial charge in [0.1, 0.15) is 0 Å². The highest BCUT2D eigenvalue weighted by Crippen LogP contribution is 2.56. The van der Waals surface area contributed by atoms with E-state index in [9.17, 15) is 0 Å². The predicted octanol–water partition coefficient (Wildman–Crippen LogP) is 13.7. The molecule has 242 valence electrons. The molecule has 1 aliphatic rings. The summed E-state index contributed by atoms with van der Waals surface area (Å²) < 4.78 is 2.51. The minimum atomic E-state index is -0.0582. The van der Waals surface area contributed by atoms with Gasteiger partial charge in [-0.1, -0.05) is 120 Å². The van der Waals surface area contributed by atoms with Gasteiger partial charge in [-0.3, -0.25) is 0 Å². The molecular formula is C48H40N2. The number of hydrogen-bond donors (Lipinski definition) is 0. The van der Waals surface area contributed by atoms with Crippen molar-refractivity contribution in [3.8, 4) is 16.8 Å². The first-order chi connectivity index (χ1) is 24.1. The van der Waals surface area contributed by atoms with E-state index in [1.54, 1.807) is 0 Å². The van der Waals surface area contributed by atoms with Gasteiger partial charge < -0.3 is 9.47 Å². The zero-order valence-electron chi connectivity index (χ0n) is 29.6. The summed E-state index contributed by atoms with van der Waals surface area (Å²) >= 11 is 0. The first-order valence-electron chi connectivity index (χ1n) is 17.9. The highest BCUT2D eigenvalue weighted by atomic mass is 15.2. The van der Waals surface area contributed by atoms with Crippen molar-refractivity contribution >= 4 is 71.2 Å². The van der Waals surface area contributed by atoms with Crippen LogP contribution in [0.1, 0.15) is 52.7 Å². The van der Waals surface area contributed by atoms with Crippen molar-refractivity contribution in [3.05, 3.63) is 145 Å². The molecule has 0 radical (unpaired) electrons. The van der Waals surface area contributed by atoms with E-state index in [2.05, 4.69) is 184 Å². The van der Waals surface area contributed by atoms with Crippen LogP contribution in [0.2, 0.25) is 0 Å². The van der Waals surface area contributed by atoms with Gasteiger partial charge in [-0.05, 0) is 98.3 Å². The molecule has 0 bridgehead atoms. The van der Waals surface area contributed by atoms with E-state index >= 15 is 0 Å². The lowest BCUT2D eigenvalue weighted by atomic mass is 9.77. The van der Waals surface area contributed by atoms with E-state index in [0.29, 0.717) is 0 Å². The highest BCUT2D eigenvalue weighted by molar-refractivity contribution is 6.36. The maximum absolute atomic E-state index is 2.51. The average Bonchev–Trinajstić information content (AvgIpc) is 3.45. The monoisotopic (exact) mass is 644 g/mol. The number of rotatable bonds is 2. The third-order valence-electron chi connectivity index (χ3n) is 11.1. The second kappa shape index (κ2) is 9.98. The fourth-order valence-electron chi connectivity index (χ4n) is 8.79. The molecule has 1 aliphatic heterocycles. The summed E-state index contributed by atoms with van der Waals surface area (Å²) in [5, 5.41) is 10.6. The van der Waals surface area contributed by atoms with Crippen LogP contribution in [0.5, 0.6) is 0 Å². The Morgan fingerprint density at radius 1 is 0.440 bits per heavy atom. The van der Waals surface area contributed by atoms with Crippen molar-refractivity contribution in [2.45, 2.75) is 52.4 Å². The van der Waals surface area contributed by atoms with E-state index in [1.807, 2.05) is 0 Å². The summed E-state index contributed by atoms with van der Waals surface area (Å²) in [5.74, 6) is 0. The van der Waals surface area contributed by atoms with Gasteiger partial charge >= 0.3 is 0 Å². The maximum Gasteiger partial charge on any atom is 0.0620 e. The van der Waals surface area contributed by atoms with Crippen molar-refractivity contribution < 1.29 is 0 Å². The van der Waals surface area contributed by atoms with Crippen LogP contribution in [0.25, 0.3) is 70.9 Å². The molecule has 0 amide bonds. The molecule has 8 aromatic carbocycles. The van der Waals surface area contributed by atoms with Gasteiger partial charge in [0.2, 0.25) is 0 Å². The number of para-hydroxylation sites is 3. The van der Waals surface area contributed by atoms with Crippen LogP contribution in [-0.4, -0.2) is 4.57 Å². The lowest BCUT2D eigenvalue weighted by Gasteiger charge is -2.36. The highest BCUT2D eigenvalue weighted by Gasteiger charge is 2.32. The Morgan fingerprint density at radius 2 is 1.14 bits per heavy atom. The Morgan fingerprint density at radius 3 is 1.90 bits per heavy atom. The third kappa shape index (κ3) is 3.96. The minimum Gasteiger partial charge on any atom is -0.309 e. The van der Waals surface area contributed by atoms with Gasteiger partial charge in [0, 0.05) is 43.9 Å². The topological polar surface area (TPSA) is 8.17 Å². The van der Waals surface area contributed by atoms with Gasteiger partial charge in [-0.2, -0.15) is 0 Å². The fraction of sp³-hybridized carbons (Fsp3) is 0.167. The zero-order valence-corrected chi connectivity index (χ0v) is 29.6. The third-order valence-corrected chi connectivity index (χ3v) is 11.1. The SMILES string of the molecule is CC(C)(C)c1ccc(-n2c3ccccc3c3cc4cc5c6c(cc(C(C)(C)C)c7ccc(c4c76)c32)N(c2ccccc2)c2ccccc2-5)cc1. The van der Waals surface area contributed by atoms with Crippen molar-refractivity contribution in [2.75, 3.05) is 4.90 Å². The minimum absolute atomic E-state index is 0.0582. The smallest absolute Gasteiger partial charge is 0.0620 e. The summed E-state index contributed by atoms with van der Waals surface area (Å²) in [4.78, 5) is 2.49. The molecule has 10 rings (SSSR count). The van der Waals surface area contributed by atoms with Crippen LogP contribution < -0.4 is 4.90 Å². The Kier molecular flexibility index (Phi) is 5.86. The number of fused-ring (bicyclic) bond motifs is 6. The normalized spacial score (nSPS) is 13.4. The molecule has 9 aromatic rings. The van der Waals surface area contributed by atoms with Crippen LogP contribution in [-0.2, 0) is 10.8 Å². The van der Waals surface area contributed by atoms with E-state index in [0.717, 1.165) is 0 Å². The summed E-state index contributed by atoms with van der Waals surface area (Å²) in [6.45, 7) is 13.9. The Balaban J connectivity index is 1.41. The molecule has 0 atom stereocenters. The van der Waals surface area contributed by atoms with Crippen LogP contribution in [0.4, 0.5) is 17.1 Å². The molecule has 0 unspecified atom stereocenters. The fourth-order valence-corrected chi connectivity index (χ4v) is 8.79. The number of hydrogen-bond acceptors (Lipinski definition) is 1. The number of benzene rings is 8. The largest absolute Gasteiger partial charge is 0.309 e. The molecule has 50 heavy (non-hydrogen) atoms. The first kappa shape index (κ1) is 29.3. The Labute approximate surface area is 293 Å². The van der Waals surface area contributed by atoms with Gasteiger partial charge in [0.15, 0.2) is 0 Å². The summed E-state index contributed by atoms with van der Waals surface area (Å²) in [5.41, 5.74) is 12.7. The second-order valence-corrected chi connectivity index (χ2v) is 16.2. The quantitative estimate of drug-likeness (QED) is 0.170. The molecular weight excluding hydrogens is 605 g/mol. The maximum atomic E-state index is 2.51. The molecule has 0 N–H and O–H groups in total. The molecule has 0 saturated carbocycles. The molecule has 0 fully saturated rings.